The number of pyridine rings is 1. The van der Waals surface area contributed by atoms with Crippen LogP contribution in [-0.2, 0) is 11.0 Å². The molecule has 0 atom stereocenters. The molecule has 1 aromatic carbocycles. The van der Waals surface area contributed by atoms with E-state index in [1.54, 1.807) is 13.0 Å². The Labute approximate surface area is 175 Å². The van der Waals surface area contributed by atoms with Crippen LogP contribution < -0.4 is 15.4 Å². The zero-order chi connectivity index (χ0) is 21.9. The lowest BCUT2D eigenvalue weighted by Crippen LogP contribution is -2.28. The van der Waals surface area contributed by atoms with Gasteiger partial charge in [-0.15, -0.1) is 0 Å². The maximum atomic E-state index is 12.7. The number of aromatic nitrogens is 1. The van der Waals surface area contributed by atoms with E-state index in [2.05, 4.69) is 15.6 Å². The van der Waals surface area contributed by atoms with Gasteiger partial charge in [0.15, 0.2) is 0 Å². The zero-order valence-corrected chi connectivity index (χ0v) is 16.7. The number of anilines is 1. The molecule has 1 saturated carbocycles. The van der Waals surface area contributed by atoms with Crippen molar-refractivity contribution in [3.8, 4) is 5.75 Å². The van der Waals surface area contributed by atoms with Crippen molar-refractivity contribution in [1.29, 1.82) is 0 Å². The number of rotatable bonds is 7. The molecule has 2 aromatic rings. The molecule has 1 fully saturated rings. The largest absolute Gasteiger partial charge is 0.490 e. The number of ether oxygens (including phenoxy) is 1. The lowest BCUT2D eigenvalue weighted by Gasteiger charge is -2.12. The van der Waals surface area contributed by atoms with Gasteiger partial charge in [-0.1, -0.05) is 11.6 Å². The van der Waals surface area contributed by atoms with Crippen LogP contribution in [-0.4, -0.2) is 29.9 Å². The number of carbonyl (C=O) groups excluding carboxylic acids is 2. The Morgan fingerprint density at radius 3 is 2.60 bits per heavy atom. The molecule has 1 heterocycles. The van der Waals surface area contributed by atoms with Crippen molar-refractivity contribution in [2.45, 2.75) is 25.9 Å². The van der Waals surface area contributed by atoms with E-state index in [1.807, 2.05) is 0 Å². The molecule has 1 aliphatic rings. The van der Waals surface area contributed by atoms with Gasteiger partial charge in [0.2, 0.25) is 5.91 Å². The Kier molecular flexibility index (Phi) is 6.50. The second kappa shape index (κ2) is 8.91. The molecule has 30 heavy (non-hydrogen) atoms. The van der Waals surface area contributed by atoms with Gasteiger partial charge >= 0.3 is 6.18 Å². The molecule has 10 heteroatoms. The van der Waals surface area contributed by atoms with Gasteiger partial charge in [-0.3, -0.25) is 9.59 Å². The number of aryl methyl sites for hydroxylation is 1. The van der Waals surface area contributed by atoms with Crippen molar-refractivity contribution in [2.75, 3.05) is 18.5 Å². The first kappa shape index (κ1) is 21.9. The van der Waals surface area contributed by atoms with E-state index < -0.39 is 17.6 Å². The SMILES string of the molecule is Cc1cc(C(=O)NCCOc2ccc(C(F)(F)F)cc2Cl)cc(NC(=O)C2CC2)n1. The van der Waals surface area contributed by atoms with Gasteiger partial charge in [0.1, 0.15) is 18.2 Å². The summed E-state index contributed by atoms with van der Waals surface area (Å²) in [5.74, 6) is -0.0989. The highest BCUT2D eigenvalue weighted by atomic mass is 35.5. The lowest BCUT2D eigenvalue weighted by atomic mass is 10.2. The maximum absolute atomic E-state index is 12.7. The molecule has 6 nitrogen and oxygen atoms in total. The Hall–Kier alpha value is -2.81. The highest BCUT2D eigenvalue weighted by Crippen LogP contribution is 2.34. The molecule has 1 aromatic heterocycles. The van der Waals surface area contributed by atoms with Crippen LogP contribution in [0.15, 0.2) is 30.3 Å². The minimum absolute atomic E-state index is 0.00611. The maximum Gasteiger partial charge on any atom is 0.416 e. The summed E-state index contributed by atoms with van der Waals surface area (Å²) < 4.78 is 43.3. The second-order valence-electron chi connectivity index (χ2n) is 6.89. The molecule has 160 valence electrons. The molecule has 0 radical (unpaired) electrons. The monoisotopic (exact) mass is 441 g/mol. The number of carbonyl (C=O) groups is 2. The van der Waals surface area contributed by atoms with Crippen LogP contribution in [0.3, 0.4) is 0 Å². The summed E-state index contributed by atoms with van der Waals surface area (Å²) in [5.41, 5.74) is 0.0217. The van der Waals surface area contributed by atoms with Crippen LogP contribution in [0.1, 0.15) is 34.5 Å². The summed E-state index contributed by atoms with van der Waals surface area (Å²) in [4.78, 5) is 28.4. The quantitative estimate of drug-likeness (QED) is 0.630. The molecule has 0 saturated heterocycles. The summed E-state index contributed by atoms with van der Waals surface area (Å²) in [6.07, 6.45) is -2.78. The topological polar surface area (TPSA) is 80.3 Å². The molecule has 3 rings (SSSR count). The number of benzene rings is 1. The highest BCUT2D eigenvalue weighted by Gasteiger charge is 2.31. The van der Waals surface area contributed by atoms with Gasteiger partial charge in [0, 0.05) is 17.2 Å². The average molecular weight is 442 g/mol. The minimum Gasteiger partial charge on any atom is -0.490 e. The first-order valence-corrected chi connectivity index (χ1v) is 9.58. The molecule has 0 aliphatic heterocycles. The fourth-order valence-electron chi connectivity index (χ4n) is 2.66. The average Bonchev–Trinajstić information content (AvgIpc) is 3.50. The first-order valence-electron chi connectivity index (χ1n) is 9.21. The number of halogens is 4. The van der Waals surface area contributed by atoms with Crippen molar-refractivity contribution in [2.24, 2.45) is 5.92 Å². The number of hydrogen-bond donors (Lipinski definition) is 2. The van der Waals surface area contributed by atoms with Crippen LogP contribution in [0.5, 0.6) is 5.75 Å². The van der Waals surface area contributed by atoms with Gasteiger partial charge < -0.3 is 15.4 Å². The van der Waals surface area contributed by atoms with Crippen LogP contribution in [0, 0.1) is 12.8 Å². The van der Waals surface area contributed by atoms with E-state index in [9.17, 15) is 22.8 Å². The van der Waals surface area contributed by atoms with Crippen LogP contribution in [0.2, 0.25) is 5.02 Å². The third-order valence-electron chi connectivity index (χ3n) is 4.32. The first-order chi connectivity index (χ1) is 14.1. The molecule has 0 spiro atoms. The molecule has 0 unspecified atom stereocenters. The summed E-state index contributed by atoms with van der Waals surface area (Å²) in [6.45, 7) is 1.81. The summed E-state index contributed by atoms with van der Waals surface area (Å²) >= 11 is 5.82. The van der Waals surface area contributed by atoms with Crippen molar-refractivity contribution >= 4 is 29.2 Å². The number of amides is 2. The molecule has 2 N–H and O–H groups in total. The fraction of sp³-hybridized carbons (Fsp3) is 0.350. The van der Waals surface area contributed by atoms with Crippen molar-refractivity contribution in [3.63, 3.8) is 0 Å². The Morgan fingerprint density at radius 1 is 1.23 bits per heavy atom. The van der Waals surface area contributed by atoms with Gasteiger partial charge in [-0.05, 0) is 50.1 Å². The predicted molar refractivity (Wildman–Crippen MR) is 105 cm³/mol. The van der Waals surface area contributed by atoms with Crippen molar-refractivity contribution in [3.05, 3.63) is 52.2 Å². The molecule has 2 amide bonds. The van der Waals surface area contributed by atoms with E-state index in [0.29, 0.717) is 17.1 Å². The minimum atomic E-state index is -4.49. The standard InChI is InChI=1S/C20H19ClF3N3O3/c1-11-8-13(9-17(26-11)27-19(29)12-2-3-12)18(28)25-6-7-30-16-5-4-14(10-15(16)21)20(22,23)24/h4-5,8-10,12H,2-3,6-7H2,1H3,(H,25,28)(H,26,27,29). The van der Waals surface area contributed by atoms with E-state index in [-0.39, 0.29) is 35.7 Å². The molecule has 0 bridgehead atoms. The summed E-state index contributed by atoms with van der Waals surface area (Å²) in [6, 6.07) is 5.85. The van der Waals surface area contributed by atoms with Gasteiger partial charge in [0.05, 0.1) is 17.1 Å². The number of nitrogens with one attached hydrogen (secondary N) is 2. The third-order valence-corrected chi connectivity index (χ3v) is 4.61. The van der Waals surface area contributed by atoms with E-state index in [0.717, 1.165) is 31.0 Å². The molecule has 1 aliphatic carbocycles. The van der Waals surface area contributed by atoms with Crippen molar-refractivity contribution < 1.29 is 27.5 Å². The van der Waals surface area contributed by atoms with E-state index in [4.69, 9.17) is 16.3 Å². The van der Waals surface area contributed by atoms with E-state index >= 15 is 0 Å². The van der Waals surface area contributed by atoms with Crippen molar-refractivity contribution in [1.82, 2.24) is 10.3 Å². The van der Waals surface area contributed by atoms with E-state index in [1.165, 1.54) is 6.07 Å². The van der Waals surface area contributed by atoms with Gasteiger partial charge in [-0.25, -0.2) is 4.98 Å². The Bertz CT molecular complexity index is 962. The fourth-order valence-corrected chi connectivity index (χ4v) is 2.89. The number of alkyl halides is 3. The summed E-state index contributed by atoms with van der Waals surface area (Å²) in [7, 11) is 0. The molecular weight excluding hydrogens is 423 g/mol. The van der Waals surface area contributed by atoms with Crippen LogP contribution in [0.4, 0.5) is 19.0 Å². The van der Waals surface area contributed by atoms with Gasteiger partial charge in [0.25, 0.3) is 5.91 Å². The molecular formula is C20H19ClF3N3O3. The Balaban J connectivity index is 1.52. The number of hydrogen-bond acceptors (Lipinski definition) is 4. The third kappa shape index (κ3) is 5.85. The second-order valence-corrected chi connectivity index (χ2v) is 7.30. The van der Waals surface area contributed by atoms with Gasteiger partial charge in [-0.2, -0.15) is 13.2 Å². The zero-order valence-electron chi connectivity index (χ0n) is 16.0. The summed E-state index contributed by atoms with van der Waals surface area (Å²) in [5, 5.41) is 5.17. The van der Waals surface area contributed by atoms with Crippen LogP contribution in [0.25, 0.3) is 0 Å². The lowest BCUT2D eigenvalue weighted by molar-refractivity contribution is -0.137. The number of nitrogens with zero attached hydrogens (tertiary/aromatic N) is 1. The Morgan fingerprint density at radius 2 is 1.97 bits per heavy atom. The highest BCUT2D eigenvalue weighted by molar-refractivity contribution is 6.32. The van der Waals surface area contributed by atoms with Crippen LogP contribution >= 0.6 is 11.6 Å². The normalized spacial score (nSPS) is 13.6. The predicted octanol–water partition coefficient (Wildman–Crippen LogP) is 4.22. The smallest absolute Gasteiger partial charge is 0.416 e.